The van der Waals surface area contributed by atoms with Gasteiger partial charge in [0.1, 0.15) is 17.6 Å². The van der Waals surface area contributed by atoms with E-state index in [0.717, 1.165) is 49.1 Å². The molecule has 5 atom stereocenters. The third kappa shape index (κ3) is 3.91. The van der Waals surface area contributed by atoms with E-state index in [9.17, 15) is 9.59 Å². The molecular formula is C32H36N2O4. The van der Waals surface area contributed by atoms with Crippen molar-refractivity contribution in [3.8, 4) is 23.3 Å². The monoisotopic (exact) mass is 512 g/mol. The lowest BCUT2D eigenvalue weighted by atomic mass is 9.51. The summed E-state index contributed by atoms with van der Waals surface area (Å²) < 4.78 is 12.6. The van der Waals surface area contributed by atoms with Gasteiger partial charge in [0.05, 0.1) is 6.04 Å². The molecule has 198 valence electrons. The number of carbonyl (C=O) groups is 2. The smallest absolute Gasteiger partial charge is 0.308 e. The van der Waals surface area contributed by atoms with E-state index in [-0.39, 0.29) is 29.4 Å². The fourth-order valence-corrected chi connectivity index (χ4v) is 7.76. The lowest BCUT2D eigenvalue weighted by Gasteiger charge is -2.60. The minimum Gasteiger partial charge on any atom is -0.487 e. The molecule has 1 saturated heterocycles. The van der Waals surface area contributed by atoms with E-state index in [0.29, 0.717) is 30.2 Å². The number of rotatable bonds is 4. The average Bonchev–Trinajstić information content (AvgIpc) is 3.23. The Hall–Kier alpha value is -3.30. The molecule has 6 nitrogen and oxygen atoms in total. The van der Waals surface area contributed by atoms with Crippen LogP contribution in [0.2, 0.25) is 0 Å². The van der Waals surface area contributed by atoms with Crippen LogP contribution in [-0.2, 0) is 21.4 Å². The molecule has 0 N–H and O–H groups in total. The van der Waals surface area contributed by atoms with Crippen molar-refractivity contribution >= 4 is 11.9 Å². The summed E-state index contributed by atoms with van der Waals surface area (Å²) >= 11 is 0. The molecule has 2 fully saturated rings. The molecular weight excluding hydrogens is 476 g/mol. The van der Waals surface area contributed by atoms with Gasteiger partial charge in [0.15, 0.2) is 0 Å². The molecule has 1 amide bonds. The first kappa shape index (κ1) is 25.0. The van der Waals surface area contributed by atoms with Gasteiger partial charge in [-0.05, 0) is 75.4 Å². The topological polar surface area (TPSA) is 59.1 Å². The van der Waals surface area contributed by atoms with Gasteiger partial charge in [-0.25, -0.2) is 0 Å². The molecule has 0 radical (unpaired) electrons. The largest absolute Gasteiger partial charge is 0.487 e. The van der Waals surface area contributed by atoms with Crippen molar-refractivity contribution in [1.29, 1.82) is 0 Å². The van der Waals surface area contributed by atoms with Crippen LogP contribution in [0.5, 0.6) is 11.5 Å². The summed E-state index contributed by atoms with van der Waals surface area (Å²) in [6, 6.07) is 13.8. The first-order valence-electron chi connectivity index (χ1n) is 13.9. The molecule has 38 heavy (non-hydrogen) atoms. The zero-order chi connectivity index (χ0) is 26.6. The van der Waals surface area contributed by atoms with Crippen LogP contribution < -0.4 is 9.47 Å². The van der Waals surface area contributed by atoms with Crippen molar-refractivity contribution in [1.82, 2.24) is 9.80 Å². The number of likely N-dealkylation sites (tertiary alicyclic amines) is 1. The van der Waals surface area contributed by atoms with E-state index in [4.69, 9.17) is 9.47 Å². The fraction of sp³-hybridized carbons (Fsp3) is 0.500. The highest BCUT2D eigenvalue weighted by molar-refractivity contribution is 5.94. The minimum atomic E-state index is -0.304. The Morgan fingerprint density at radius 2 is 1.97 bits per heavy atom. The third-order valence-corrected chi connectivity index (χ3v) is 9.13. The van der Waals surface area contributed by atoms with E-state index < -0.39 is 0 Å². The summed E-state index contributed by atoms with van der Waals surface area (Å²) in [4.78, 5) is 30.1. The summed E-state index contributed by atoms with van der Waals surface area (Å²) in [5.74, 6) is 7.88. The Kier molecular flexibility index (Phi) is 6.23. The van der Waals surface area contributed by atoms with E-state index in [1.165, 1.54) is 12.5 Å². The lowest BCUT2D eigenvalue weighted by molar-refractivity contribution is -0.137. The molecule has 2 aromatic rings. The Balaban J connectivity index is 1.42. The standard InChI is InChI=1S/C32H36N2O4/c1-20(2)19-34(29(36)15-10-22-8-6-5-7-9-22)25-12-11-24-26-18-23-27(37-21(3)35)13-14-28-30(23)32(24,31(25)38-28)16-17-33(26)4/h5-9,13-14,20,24-26,31H,11-12,16-19H2,1-4H3/t24-,25+,26+,31-,32-/m0/s1. The van der Waals surface area contributed by atoms with Gasteiger partial charge in [-0.2, -0.15) is 0 Å². The molecule has 6 heteroatoms. The minimum absolute atomic E-state index is 0.0641. The van der Waals surface area contributed by atoms with Crippen LogP contribution >= 0.6 is 0 Å². The average molecular weight is 513 g/mol. The van der Waals surface area contributed by atoms with Crippen molar-refractivity contribution in [2.45, 2.75) is 70.1 Å². The predicted octanol–water partition coefficient (Wildman–Crippen LogP) is 4.19. The van der Waals surface area contributed by atoms with Gasteiger partial charge in [0.2, 0.25) is 0 Å². The molecule has 6 rings (SSSR count). The molecule has 1 spiro atoms. The van der Waals surface area contributed by atoms with Crippen LogP contribution in [-0.4, -0.2) is 60.0 Å². The molecule has 2 aromatic carbocycles. The maximum atomic E-state index is 13.7. The van der Waals surface area contributed by atoms with Gasteiger partial charge in [0.25, 0.3) is 5.91 Å². The highest BCUT2D eigenvalue weighted by Gasteiger charge is 2.66. The molecule has 4 aliphatic rings. The maximum Gasteiger partial charge on any atom is 0.308 e. The second-order valence-electron chi connectivity index (χ2n) is 11.8. The number of ether oxygens (including phenoxy) is 2. The van der Waals surface area contributed by atoms with Crippen LogP contribution in [0.3, 0.4) is 0 Å². The Morgan fingerprint density at radius 3 is 2.71 bits per heavy atom. The highest BCUT2D eigenvalue weighted by Crippen LogP contribution is 2.63. The van der Waals surface area contributed by atoms with Gasteiger partial charge in [0, 0.05) is 47.5 Å². The van der Waals surface area contributed by atoms with Crippen LogP contribution in [0, 0.1) is 23.7 Å². The van der Waals surface area contributed by atoms with E-state index in [1.807, 2.05) is 47.4 Å². The number of nitrogens with zero attached hydrogens (tertiary/aromatic N) is 2. The Morgan fingerprint density at radius 1 is 1.18 bits per heavy atom. The number of esters is 1. The van der Waals surface area contributed by atoms with E-state index in [1.54, 1.807) is 0 Å². The van der Waals surface area contributed by atoms with Gasteiger partial charge in [-0.3, -0.25) is 9.59 Å². The number of benzene rings is 2. The van der Waals surface area contributed by atoms with Crippen molar-refractivity contribution in [3.05, 3.63) is 59.2 Å². The quantitative estimate of drug-likeness (QED) is 0.349. The van der Waals surface area contributed by atoms with Crippen molar-refractivity contribution in [2.75, 3.05) is 20.1 Å². The molecule has 0 unspecified atom stereocenters. The zero-order valence-corrected chi connectivity index (χ0v) is 22.7. The first-order valence-corrected chi connectivity index (χ1v) is 13.9. The summed E-state index contributed by atoms with van der Waals surface area (Å²) in [5.41, 5.74) is 2.98. The molecule has 2 heterocycles. The maximum absolute atomic E-state index is 13.7. The molecule has 0 aromatic heterocycles. The number of carbonyl (C=O) groups excluding carboxylic acids is 2. The van der Waals surface area contributed by atoms with Gasteiger partial charge < -0.3 is 19.3 Å². The normalized spacial score (nSPS) is 28.6. The fourth-order valence-electron chi connectivity index (χ4n) is 7.76. The van der Waals surface area contributed by atoms with Crippen molar-refractivity contribution in [3.63, 3.8) is 0 Å². The second kappa shape index (κ2) is 9.47. The summed E-state index contributed by atoms with van der Waals surface area (Å²) in [5, 5.41) is 0. The van der Waals surface area contributed by atoms with Crippen LogP contribution in [0.15, 0.2) is 42.5 Å². The third-order valence-electron chi connectivity index (χ3n) is 9.13. The molecule has 1 saturated carbocycles. The zero-order valence-electron chi connectivity index (χ0n) is 22.7. The van der Waals surface area contributed by atoms with Gasteiger partial charge in [-0.15, -0.1) is 0 Å². The van der Waals surface area contributed by atoms with Crippen molar-refractivity contribution < 1.29 is 19.1 Å². The van der Waals surface area contributed by atoms with Crippen LogP contribution in [0.1, 0.15) is 56.7 Å². The molecule has 2 aliphatic carbocycles. The SMILES string of the molecule is CC(=O)Oc1ccc2c3c1C[C@@H]1[C@@H]4CC[C@@H](N(CC(C)C)C(=O)C#Cc5ccccc5)[C@H](O2)[C@]34CCN1C. The van der Waals surface area contributed by atoms with Crippen molar-refractivity contribution in [2.24, 2.45) is 11.8 Å². The number of piperidine rings is 1. The van der Waals surface area contributed by atoms with Gasteiger partial charge in [-0.1, -0.05) is 38.0 Å². The summed E-state index contributed by atoms with van der Waals surface area (Å²) in [7, 11) is 2.21. The number of amides is 1. The van der Waals surface area contributed by atoms with Crippen LogP contribution in [0.4, 0.5) is 0 Å². The number of hydrogen-bond donors (Lipinski definition) is 0. The number of likely N-dealkylation sites (N-methyl/N-ethyl adjacent to an activating group) is 1. The Bertz CT molecular complexity index is 1330. The van der Waals surface area contributed by atoms with Crippen LogP contribution in [0.25, 0.3) is 0 Å². The number of hydrogen-bond acceptors (Lipinski definition) is 5. The molecule has 2 bridgehead atoms. The predicted molar refractivity (Wildman–Crippen MR) is 145 cm³/mol. The Labute approximate surface area is 225 Å². The summed E-state index contributed by atoms with van der Waals surface area (Å²) in [6.07, 6.45) is 3.61. The summed E-state index contributed by atoms with van der Waals surface area (Å²) in [6.45, 7) is 7.37. The van der Waals surface area contributed by atoms with E-state index in [2.05, 4.69) is 37.6 Å². The van der Waals surface area contributed by atoms with Gasteiger partial charge >= 0.3 is 5.97 Å². The highest BCUT2D eigenvalue weighted by atomic mass is 16.5. The second-order valence-corrected chi connectivity index (χ2v) is 11.8. The first-order chi connectivity index (χ1) is 18.3. The van der Waals surface area contributed by atoms with E-state index >= 15 is 0 Å². The lowest BCUT2D eigenvalue weighted by Crippen LogP contribution is -2.68. The molecule has 2 aliphatic heterocycles.